The van der Waals surface area contributed by atoms with Crippen molar-refractivity contribution in [2.45, 2.75) is 16.7 Å². The number of sulfone groups is 1. The second-order valence-corrected chi connectivity index (χ2v) is 6.79. The van der Waals surface area contributed by atoms with Gasteiger partial charge < -0.3 is 5.11 Å². The first-order valence-electron chi connectivity index (χ1n) is 6.57. The number of nitro groups is 2. The van der Waals surface area contributed by atoms with Crippen LogP contribution in [0, 0.1) is 20.2 Å². The molecule has 0 saturated heterocycles. The Morgan fingerprint density at radius 3 is 2.08 bits per heavy atom. The molecule has 0 fully saturated rings. The van der Waals surface area contributed by atoms with Crippen LogP contribution in [0.4, 0.5) is 11.4 Å². The Labute approximate surface area is 140 Å². The molecule has 0 radical (unpaired) electrons. The molecule has 0 saturated carbocycles. The average molecular weight is 366 g/mol. The Morgan fingerprint density at radius 1 is 1.00 bits per heavy atom. The Morgan fingerprint density at radius 2 is 1.60 bits per heavy atom. The van der Waals surface area contributed by atoms with Crippen LogP contribution in [0.2, 0.25) is 0 Å². The molecule has 130 valence electrons. The summed E-state index contributed by atoms with van der Waals surface area (Å²) in [5.41, 5.74) is -1.60. The van der Waals surface area contributed by atoms with Gasteiger partial charge in [-0.3, -0.25) is 25.0 Å². The molecule has 0 unspecified atom stereocenters. The highest BCUT2D eigenvalue weighted by Crippen LogP contribution is 2.35. The van der Waals surface area contributed by atoms with E-state index in [9.17, 15) is 38.5 Å². The Balaban J connectivity index is 2.70. The average Bonchev–Trinajstić information content (AvgIpc) is 2.53. The van der Waals surface area contributed by atoms with Crippen LogP contribution in [0.3, 0.4) is 0 Å². The van der Waals surface area contributed by atoms with Crippen molar-refractivity contribution in [3.63, 3.8) is 0 Å². The van der Waals surface area contributed by atoms with Gasteiger partial charge in [-0.2, -0.15) is 0 Å². The summed E-state index contributed by atoms with van der Waals surface area (Å²) in [4.78, 5) is 29.7. The number of nitrogens with zero attached hydrogens (tertiary/aromatic N) is 2. The van der Waals surface area contributed by atoms with Crippen LogP contribution in [0.1, 0.15) is 17.3 Å². The molecular weight excluding hydrogens is 356 g/mol. The fourth-order valence-corrected chi connectivity index (χ4v) is 3.55. The van der Waals surface area contributed by atoms with Crippen molar-refractivity contribution in [1.29, 1.82) is 0 Å². The van der Waals surface area contributed by atoms with E-state index in [0.29, 0.717) is 6.07 Å². The number of benzene rings is 2. The quantitative estimate of drug-likeness (QED) is 0.479. The summed E-state index contributed by atoms with van der Waals surface area (Å²) in [5, 5.41) is 31.7. The smallest absolute Gasteiger partial charge is 0.295 e. The maximum absolute atomic E-state index is 12.6. The van der Waals surface area contributed by atoms with Crippen LogP contribution in [0.15, 0.2) is 46.2 Å². The van der Waals surface area contributed by atoms with E-state index in [1.807, 2.05) is 0 Å². The summed E-state index contributed by atoms with van der Waals surface area (Å²) in [5.74, 6) is -1.18. The number of rotatable bonds is 5. The molecule has 10 nitrogen and oxygen atoms in total. The molecule has 0 atom stereocenters. The molecule has 0 aliphatic rings. The predicted octanol–water partition coefficient (Wildman–Crippen LogP) is 2.24. The summed E-state index contributed by atoms with van der Waals surface area (Å²) in [6, 6.07) is 5.06. The largest absolute Gasteiger partial charge is 0.507 e. The lowest BCUT2D eigenvalue weighted by atomic mass is 10.1. The number of ketones is 1. The van der Waals surface area contributed by atoms with Crippen molar-refractivity contribution in [3.8, 4) is 5.75 Å². The van der Waals surface area contributed by atoms with Gasteiger partial charge in [0.1, 0.15) is 15.5 Å². The number of phenolic OH excluding ortho intramolecular Hbond substituents is 1. The van der Waals surface area contributed by atoms with Gasteiger partial charge in [-0.05, 0) is 31.2 Å². The maximum atomic E-state index is 12.6. The predicted molar refractivity (Wildman–Crippen MR) is 83.3 cm³/mol. The van der Waals surface area contributed by atoms with Crippen molar-refractivity contribution in [2.75, 3.05) is 0 Å². The second kappa shape index (κ2) is 6.28. The van der Waals surface area contributed by atoms with E-state index < -0.39 is 52.4 Å². The number of carbonyl (C=O) groups is 1. The van der Waals surface area contributed by atoms with Crippen LogP contribution >= 0.6 is 0 Å². The normalized spacial score (nSPS) is 11.1. The highest BCUT2D eigenvalue weighted by atomic mass is 32.2. The van der Waals surface area contributed by atoms with E-state index in [4.69, 9.17) is 0 Å². The summed E-state index contributed by atoms with van der Waals surface area (Å²) in [7, 11) is -4.56. The molecule has 0 aromatic heterocycles. The first-order valence-corrected chi connectivity index (χ1v) is 8.06. The van der Waals surface area contributed by atoms with Crippen LogP contribution in [0.5, 0.6) is 5.75 Å². The van der Waals surface area contributed by atoms with Crippen molar-refractivity contribution in [1.82, 2.24) is 0 Å². The van der Waals surface area contributed by atoms with Crippen molar-refractivity contribution < 1.29 is 28.2 Å². The minimum absolute atomic E-state index is 0.0506. The standard InChI is InChI=1S/C14H10N2O8S/c1-8(17)9-2-4-14(12(18)6-9)25(23,24)13-5-3-10(15(19)20)7-11(13)16(21)22/h2-7,18H,1H3. The number of nitro benzene ring substituents is 2. The molecule has 0 heterocycles. The second-order valence-electron chi connectivity index (χ2n) is 4.91. The number of non-ortho nitro benzene ring substituents is 1. The lowest BCUT2D eigenvalue weighted by molar-refractivity contribution is -0.396. The summed E-state index contributed by atoms with van der Waals surface area (Å²) < 4.78 is 25.2. The van der Waals surface area contributed by atoms with E-state index in [1.165, 1.54) is 6.92 Å². The molecule has 0 amide bonds. The first kappa shape index (κ1) is 18.0. The van der Waals surface area contributed by atoms with Gasteiger partial charge in [0.05, 0.1) is 15.9 Å². The van der Waals surface area contributed by atoms with Gasteiger partial charge in [-0.25, -0.2) is 8.42 Å². The summed E-state index contributed by atoms with van der Waals surface area (Å²) in [6.45, 7) is 1.21. The third-order valence-electron chi connectivity index (χ3n) is 3.29. The van der Waals surface area contributed by atoms with E-state index in [0.717, 1.165) is 30.3 Å². The molecule has 0 aliphatic heterocycles. The third-order valence-corrected chi connectivity index (χ3v) is 5.14. The number of hydrogen-bond acceptors (Lipinski definition) is 8. The van der Waals surface area contributed by atoms with Crippen molar-refractivity contribution in [3.05, 3.63) is 62.2 Å². The van der Waals surface area contributed by atoms with Crippen LogP contribution in [-0.2, 0) is 9.84 Å². The lowest BCUT2D eigenvalue weighted by Crippen LogP contribution is -2.07. The van der Waals surface area contributed by atoms with Gasteiger partial charge in [0.15, 0.2) is 5.78 Å². The fourth-order valence-electron chi connectivity index (χ4n) is 2.07. The SMILES string of the molecule is CC(=O)c1ccc(S(=O)(=O)c2ccc([N+](=O)[O-])cc2[N+](=O)[O-])c(O)c1. The molecule has 2 aromatic carbocycles. The van der Waals surface area contributed by atoms with Crippen LogP contribution in [0.25, 0.3) is 0 Å². The van der Waals surface area contributed by atoms with Crippen molar-refractivity contribution in [2.24, 2.45) is 0 Å². The number of Topliss-reactive ketones (excluding diaryl/α,β-unsaturated/α-hetero) is 1. The number of phenols is 1. The van der Waals surface area contributed by atoms with E-state index in [2.05, 4.69) is 0 Å². The minimum Gasteiger partial charge on any atom is -0.507 e. The summed E-state index contributed by atoms with van der Waals surface area (Å²) in [6.07, 6.45) is 0. The Hall–Kier alpha value is -3.34. The number of aromatic hydroxyl groups is 1. The Bertz CT molecular complexity index is 1010. The van der Waals surface area contributed by atoms with Crippen LogP contribution in [-0.4, -0.2) is 29.2 Å². The Kier molecular flexibility index (Phi) is 4.52. The zero-order valence-corrected chi connectivity index (χ0v) is 13.4. The third kappa shape index (κ3) is 3.30. The maximum Gasteiger partial charge on any atom is 0.295 e. The van der Waals surface area contributed by atoms with Crippen molar-refractivity contribution >= 4 is 27.0 Å². The molecule has 0 spiro atoms. The number of carbonyl (C=O) groups excluding carboxylic acids is 1. The minimum atomic E-state index is -4.56. The molecule has 11 heteroatoms. The van der Waals surface area contributed by atoms with Gasteiger partial charge >= 0.3 is 0 Å². The zero-order chi connectivity index (χ0) is 18.9. The van der Waals surface area contributed by atoms with Gasteiger partial charge in [0.25, 0.3) is 11.4 Å². The van der Waals surface area contributed by atoms with E-state index >= 15 is 0 Å². The zero-order valence-electron chi connectivity index (χ0n) is 12.6. The molecule has 2 aromatic rings. The van der Waals surface area contributed by atoms with Gasteiger partial charge in [-0.1, -0.05) is 0 Å². The summed E-state index contributed by atoms with van der Waals surface area (Å²) >= 11 is 0. The molecule has 1 N–H and O–H groups in total. The first-order chi connectivity index (χ1) is 11.6. The lowest BCUT2D eigenvalue weighted by Gasteiger charge is -2.08. The van der Waals surface area contributed by atoms with Crippen LogP contribution < -0.4 is 0 Å². The molecule has 0 bridgehead atoms. The monoisotopic (exact) mass is 366 g/mol. The van der Waals surface area contributed by atoms with E-state index in [-0.39, 0.29) is 5.56 Å². The molecule has 2 rings (SSSR count). The van der Waals surface area contributed by atoms with Gasteiger partial charge in [0.2, 0.25) is 9.84 Å². The topological polar surface area (TPSA) is 158 Å². The number of hydrogen-bond donors (Lipinski definition) is 1. The molecule has 25 heavy (non-hydrogen) atoms. The van der Waals surface area contributed by atoms with Gasteiger partial charge in [0, 0.05) is 11.6 Å². The fraction of sp³-hybridized carbons (Fsp3) is 0.0714. The highest BCUT2D eigenvalue weighted by Gasteiger charge is 2.31. The molecular formula is C14H10N2O8S. The molecule has 0 aliphatic carbocycles. The van der Waals surface area contributed by atoms with Gasteiger partial charge in [-0.15, -0.1) is 0 Å². The highest BCUT2D eigenvalue weighted by molar-refractivity contribution is 7.91. The van der Waals surface area contributed by atoms with E-state index in [1.54, 1.807) is 0 Å².